The van der Waals surface area contributed by atoms with E-state index in [0.717, 1.165) is 37.0 Å². The number of hydrogen-bond acceptors (Lipinski definition) is 4. The first-order valence-corrected chi connectivity index (χ1v) is 8.32. The summed E-state index contributed by atoms with van der Waals surface area (Å²) >= 11 is 0. The van der Waals surface area contributed by atoms with Crippen LogP contribution in [-0.2, 0) is 4.79 Å². The first-order valence-electron chi connectivity index (χ1n) is 8.32. The Morgan fingerprint density at radius 3 is 2.91 bits per heavy atom. The number of carbonyl (C=O) groups is 1. The first kappa shape index (κ1) is 15.8. The summed E-state index contributed by atoms with van der Waals surface area (Å²) in [4.78, 5) is 18.8. The molecule has 2 heterocycles. The Balaban J connectivity index is 1.63. The second-order valence-corrected chi connectivity index (χ2v) is 7.38. The third-order valence-corrected chi connectivity index (χ3v) is 4.30. The standard InChI is InChI=1S/C18H25N3O2/c1-18(2,3)16(22)19-11-13-7-6-10-21(12-13)17-20-14-8-4-5-9-15(14)23-17/h4-5,8-9,13H,6-7,10-12H2,1-3H3,(H,19,22). The van der Waals surface area contributed by atoms with Crippen molar-refractivity contribution in [2.24, 2.45) is 11.3 Å². The van der Waals surface area contributed by atoms with Gasteiger partial charge in [0.2, 0.25) is 5.91 Å². The van der Waals surface area contributed by atoms with Gasteiger partial charge in [0, 0.05) is 25.0 Å². The van der Waals surface area contributed by atoms with E-state index in [-0.39, 0.29) is 11.3 Å². The Kier molecular flexibility index (Phi) is 4.28. The van der Waals surface area contributed by atoms with Crippen LogP contribution in [0, 0.1) is 11.3 Å². The number of carbonyl (C=O) groups excluding carboxylic acids is 1. The summed E-state index contributed by atoms with van der Waals surface area (Å²) in [6, 6.07) is 8.52. The van der Waals surface area contributed by atoms with Crippen LogP contribution in [0.4, 0.5) is 6.01 Å². The molecule has 0 bridgehead atoms. The molecule has 1 aromatic heterocycles. The number of anilines is 1. The van der Waals surface area contributed by atoms with Crippen molar-refractivity contribution in [2.75, 3.05) is 24.5 Å². The maximum atomic E-state index is 12.0. The van der Waals surface area contributed by atoms with Crippen LogP contribution in [-0.4, -0.2) is 30.5 Å². The quantitative estimate of drug-likeness (QED) is 0.945. The Morgan fingerprint density at radius 2 is 2.17 bits per heavy atom. The summed E-state index contributed by atoms with van der Waals surface area (Å²) in [7, 11) is 0. The number of aromatic nitrogens is 1. The lowest BCUT2D eigenvalue weighted by Gasteiger charge is -2.32. The Hall–Kier alpha value is -2.04. The van der Waals surface area contributed by atoms with E-state index in [1.54, 1.807) is 0 Å². The second kappa shape index (κ2) is 6.22. The molecule has 0 saturated carbocycles. The lowest BCUT2D eigenvalue weighted by atomic mass is 9.94. The molecule has 1 unspecified atom stereocenters. The van der Waals surface area contributed by atoms with Crippen LogP contribution in [0.5, 0.6) is 0 Å². The molecule has 23 heavy (non-hydrogen) atoms. The van der Waals surface area contributed by atoms with Gasteiger partial charge in [-0.3, -0.25) is 4.79 Å². The summed E-state index contributed by atoms with van der Waals surface area (Å²) in [6.07, 6.45) is 2.22. The number of oxazole rings is 1. The minimum absolute atomic E-state index is 0.108. The highest BCUT2D eigenvalue weighted by molar-refractivity contribution is 5.81. The maximum absolute atomic E-state index is 12.0. The smallest absolute Gasteiger partial charge is 0.298 e. The third kappa shape index (κ3) is 3.66. The molecule has 1 fully saturated rings. The zero-order valence-electron chi connectivity index (χ0n) is 14.1. The van der Waals surface area contributed by atoms with Gasteiger partial charge in [-0.15, -0.1) is 0 Å². The van der Waals surface area contributed by atoms with Crippen LogP contribution in [0.15, 0.2) is 28.7 Å². The predicted molar refractivity (Wildman–Crippen MR) is 91.4 cm³/mol. The molecular formula is C18H25N3O2. The van der Waals surface area contributed by atoms with Crippen LogP contribution in [0.1, 0.15) is 33.6 Å². The number of hydrogen-bond donors (Lipinski definition) is 1. The van der Waals surface area contributed by atoms with Gasteiger partial charge in [0.1, 0.15) is 5.52 Å². The van der Waals surface area contributed by atoms with E-state index in [9.17, 15) is 4.79 Å². The SMILES string of the molecule is CC(C)(C)C(=O)NCC1CCCN(c2nc3ccccc3o2)C1. The fourth-order valence-corrected chi connectivity index (χ4v) is 2.90. The molecule has 1 atom stereocenters. The van der Waals surface area contributed by atoms with Crippen LogP contribution >= 0.6 is 0 Å². The van der Waals surface area contributed by atoms with Crippen LogP contribution in [0.2, 0.25) is 0 Å². The Labute approximate surface area is 137 Å². The van der Waals surface area contributed by atoms with Gasteiger partial charge >= 0.3 is 0 Å². The van der Waals surface area contributed by atoms with E-state index >= 15 is 0 Å². The van der Waals surface area contributed by atoms with Gasteiger partial charge in [-0.05, 0) is 30.9 Å². The van der Waals surface area contributed by atoms with Crippen LogP contribution in [0.25, 0.3) is 11.1 Å². The molecular weight excluding hydrogens is 290 g/mol. The first-order chi connectivity index (χ1) is 10.9. The topological polar surface area (TPSA) is 58.4 Å². The van der Waals surface area contributed by atoms with Gasteiger partial charge in [0.25, 0.3) is 6.01 Å². The molecule has 1 aromatic carbocycles. The number of nitrogens with one attached hydrogen (secondary N) is 1. The van der Waals surface area contributed by atoms with Crippen molar-refractivity contribution in [3.63, 3.8) is 0 Å². The molecule has 0 radical (unpaired) electrons. The number of piperidine rings is 1. The predicted octanol–water partition coefficient (Wildman–Crippen LogP) is 3.21. The number of fused-ring (bicyclic) bond motifs is 1. The average molecular weight is 315 g/mol. The summed E-state index contributed by atoms with van der Waals surface area (Å²) in [5.74, 6) is 0.543. The Bertz CT molecular complexity index is 654. The number of benzene rings is 1. The molecule has 1 aliphatic rings. The number of nitrogens with zero attached hydrogens (tertiary/aromatic N) is 2. The summed E-state index contributed by atoms with van der Waals surface area (Å²) in [5, 5.41) is 3.07. The fourth-order valence-electron chi connectivity index (χ4n) is 2.90. The minimum Gasteiger partial charge on any atom is -0.423 e. The number of rotatable bonds is 3. The monoisotopic (exact) mass is 315 g/mol. The van der Waals surface area contributed by atoms with Gasteiger partial charge < -0.3 is 14.6 Å². The molecule has 124 valence electrons. The van der Waals surface area contributed by atoms with Crippen molar-refractivity contribution in [3.05, 3.63) is 24.3 Å². The maximum Gasteiger partial charge on any atom is 0.298 e. The number of para-hydroxylation sites is 2. The summed E-state index contributed by atoms with van der Waals surface area (Å²) in [6.45, 7) is 8.36. The molecule has 1 saturated heterocycles. The molecule has 1 aliphatic heterocycles. The normalized spacial score (nSPS) is 19.1. The highest BCUT2D eigenvalue weighted by Crippen LogP contribution is 2.26. The fraction of sp³-hybridized carbons (Fsp3) is 0.556. The zero-order chi connectivity index (χ0) is 16.4. The van der Waals surface area contributed by atoms with Gasteiger partial charge in [-0.25, -0.2) is 0 Å². The Morgan fingerprint density at radius 1 is 1.39 bits per heavy atom. The lowest BCUT2D eigenvalue weighted by molar-refractivity contribution is -0.128. The van der Waals surface area contributed by atoms with Crippen molar-refractivity contribution in [1.82, 2.24) is 10.3 Å². The lowest BCUT2D eigenvalue weighted by Crippen LogP contribution is -2.43. The molecule has 2 aromatic rings. The van der Waals surface area contributed by atoms with Crippen molar-refractivity contribution in [2.45, 2.75) is 33.6 Å². The van der Waals surface area contributed by atoms with E-state index in [1.807, 2.05) is 45.0 Å². The average Bonchev–Trinajstić information content (AvgIpc) is 2.96. The molecule has 0 spiro atoms. The summed E-state index contributed by atoms with van der Waals surface area (Å²) in [5.41, 5.74) is 1.38. The molecule has 3 rings (SSSR count). The summed E-state index contributed by atoms with van der Waals surface area (Å²) < 4.78 is 5.86. The largest absolute Gasteiger partial charge is 0.423 e. The van der Waals surface area contributed by atoms with Crippen molar-refractivity contribution >= 4 is 23.0 Å². The third-order valence-electron chi connectivity index (χ3n) is 4.30. The van der Waals surface area contributed by atoms with E-state index in [1.165, 1.54) is 0 Å². The van der Waals surface area contributed by atoms with Gasteiger partial charge in [-0.2, -0.15) is 4.98 Å². The van der Waals surface area contributed by atoms with Gasteiger partial charge in [-0.1, -0.05) is 32.9 Å². The van der Waals surface area contributed by atoms with E-state index in [4.69, 9.17) is 4.42 Å². The minimum atomic E-state index is -0.339. The zero-order valence-corrected chi connectivity index (χ0v) is 14.1. The van der Waals surface area contributed by atoms with Gasteiger partial charge in [0.05, 0.1) is 0 Å². The molecule has 0 aliphatic carbocycles. The van der Waals surface area contributed by atoms with E-state index in [2.05, 4.69) is 15.2 Å². The van der Waals surface area contributed by atoms with Gasteiger partial charge in [0.15, 0.2) is 5.58 Å². The van der Waals surface area contributed by atoms with Crippen molar-refractivity contribution in [3.8, 4) is 0 Å². The van der Waals surface area contributed by atoms with Crippen molar-refractivity contribution in [1.29, 1.82) is 0 Å². The molecule has 5 nitrogen and oxygen atoms in total. The molecule has 1 amide bonds. The second-order valence-electron chi connectivity index (χ2n) is 7.38. The molecule has 5 heteroatoms. The van der Waals surface area contributed by atoms with Crippen molar-refractivity contribution < 1.29 is 9.21 Å². The number of amides is 1. The van der Waals surface area contributed by atoms with Crippen LogP contribution < -0.4 is 10.2 Å². The van der Waals surface area contributed by atoms with E-state index < -0.39 is 0 Å². The van der Waals surface area contributed by atoms with E-state index in [0.29, 0.717) is 18.5 Å². The molecule has 1 N–H and O–H groups in total. The highest BCUT2D eigenvalue weighted by atomic mass is 16.4. The van der Waals surface area contributed by atoms with Crippen LogP contribution in [0.3, 0.4) is 0 Å². The highest BCUT2D eigenvalue weighted by Gasteiger charge is 2.26.